The van der Waals surface area contributed by atoms with Crippen molar-refractivity contribution in [1.82, 2.24) is 5.32 Å². The highest BCUT2D eigenvalue weighted by molar-refractivity contribution is 6.02. The Morgan fingerprint density at radius 2 is 1.56 bits per heavy atom. The van der Waals surface area contributed by atoms with Crippen molar-refractivity contribution in [2.75, 3.05) is 17.2 Å². The van der Waals surface area contributed by atoms with Gasteiger partial charge in [0.1, 0.15) is 5.82 Å². The summed E-state index contributed by atoms with van der Waals surface area (Å²) < 4.78 is 17.9. The minimum absolute atomic E-state index is 0.220. The number of anilines is 2. The third-order valence-corrected chi connectivity index (χ3v) is 3.76. The predicted molar refractivity (Wildman–Crippen MR) is 100 cm³/mol. The molecular weight excluding hydrogens is 349 g/mol. The van der Waals surface area contributed by atoms with Gasteiger partial charge in [-0.05, 0) is 60.5 Å². The molecule has 1 heterocycles. The zero-order chi connectivity index (χ0) is 19.1. The molecule has 1 aromatic heterocycles. The number of urea groups is 1. The van der Waals surface area contributed by atoms with E-state index in [2.05, 4.69) is 16.0 Å². The number of furan rings is 1. The summed E-state index contributed by atoms with van der Waals surface area (Å²) in [7, 11) is 0. The van der Waals surface area contributed by atoms with Crippen molar-refractivity contribution < 1.29 is 18.4 Å². The van der Waals surface area contributed by atoms with Crippen LogP contribution in [-0.2, 0) is 6.42 Å². The molecule has 7 heteroatoms. The number of carbonyl (C=O) groups excluding carboxylic acids is 2. The van der Waals surface area contributed by atoms with Crippen LogP contribution in [0.4, 0.5) is 20.6 Å². The van der Waals surface area contributed by atoms with Gasteiger partial charge in [0.2, 0.25) is 0 Å². The fourth-order valence-corrected chi connectivity index (χ4v) is 2.38. The van der Waals surface area contributed by atoms with Crippen LogP contribution in [0.5, 0.6) is 0 Å². The second-order valence-electron chi connectivity index (χ2n) is 5.77. The summed E-state index contributed by atoms with van der Waals surface area (Å²) in [5.41, 5.74) is 2.11. The predicted octanol–water partition coefficient (Wildman–Crippen LogP) is 4.04. The lowest BCUT2D eigenvalue weighted by Crippen LogP contribution is -2.30. The topological polar surface area (TPSA) is 83.4 Å². The molecule has 0 aliphatic heterocycles. The second kappa shape index (κ2) is 8.66. The van der Waals surface area contributed by atoms with Crippen molar-refractivity contribution in [3.05, 3.63) is 84.1 Å². The van der Waals surface area contributed by atoms with E-state index >= 15 is 0 Å². The van der Waals surface area contributed by atoms with Crippen molar-refractivity contribution in [3.63, 3.8) is 0 Å². The van der Waals surface area contributed by atoms with Gasteiger partial charge in [0, 0.05) is 17.9 Å². The van der Waals surface area contributed by atoms with Gasteiger partial charge >= 0.3 is 6.03 Å². The molecule has 3 aromatic rings. The summed E-state index contributed by atoms with van der Waals surface area (Å²) >= 11 is 0. The standard InChI is InChI=1S/C20H18FN3O3/c21-15-5-3-14(4-6-15)11-12-22-20(26)24-17-9-7-16(8-10-17)23-19(25)18-2-1-13-27-18/h1-10,13H,11-12H2,(H,23,25)(H2,22,24,26). The van der Waals surface area contributed by atoms with Gasteiger partial charge in [-0.15, -0.1) is 0 Å². The number of carbonyl (C=O) groups is 2. The highest BCUT2D eigenvalue weighted by atomic mass is 19.1. The van der Waals surface area contributed by atoms with E-state index in [4.69, 9.17) is 4.42 Å². The summed E-state index contributed by atoms with van der Waals surface area (Å²) in [6.45, 7) is 0.425. The first kappa shape index (κ1) is 18.2. The first-order valence-electron chi connectivity index (χ1n) is 8.34. The van der Waals surface area contributed by atoms with Crippen LogP contribution in [0.2, 0.25) is 0 Å². The molecule has 138 valence electrons. The van der Waals surface area contributed by atoms with Crippen molar-refractivity contribution in [2.24, 2.45) is 0 Å². The van der Waals surface area contributed by atoms with Gasteiger partial charge in [0.25, 0.3) is 5.91 Å². The number of rotatable bonds is 6. The van der Waals surface area contributed by atoms with E-state index in [1.165, 1.54) is 18.4 Å². The van der Waals surface area contributed by atoms with Gasteiger partial charge in [0.15, 0.2) is 5.76 Å². The van der Waals surface area contributed by atoms with Crippen LogP contribution < -0.4 is 16.0 Å². The van der Waals surface area contributed by atoms with Crippen molar-refractivity contribution >= 4 is 23.3 Å². The first-order valence-corrected chi connectivity index (χ1v) is 8.34. The molecule has 3 amide bonds. The Bertz CT molecular complexity index is 891. The van der Waals surface area contributed by atoms with E-state index in [1.54, 1.807) is 48.5 Å². The Morgan fingerprint density at radius 1 is 0.889 bits per heavy atom. The lowest BCUT2D eigenvalue weighted by Gasteiger charge is -2.09. The molecule has 6 nitrogen and oxygen atoms in total. The first-order chi connectivity index (χ1) is 13.1. The summed E-state index contributed by atoms with van der Waals surface area (Å²) in [6.07, 6.45) is 2.03. The van der Waals surface area contributed by atoms with E-state index < -0.39 is 0 Å². The summed E-state index contributed by atoms with van der Waals surface area (Å²) in [5.74, 6) is -0.412. The number of amides is 3. The van der Waals surface area contributed by atoms with Gasteiger partial charge in [-0.1, -0.05) is 12.1 Å². The molecule has 0 radical (unpaired) electrons. The highest BCUT2D eigenvalue weighted by Gasteiger charge is 2.08. The average molecular weight is 367 g/mol. The van der Waals surface area contributed by atoms with Gasteiger partial charge in [0.05, 0.1) is 6.26 Å². The molecule has 0 saturated heterocycles. The van der Waals surface area contributed by atoms with Crippen molar-refractivity contribution in [1.29, 1.82) is 0 Å². The highest BCUT2D eigenvalue weighted by Crippen LogP contribution is 2.15. The number of hydrogen-bond acceptors (Lipinski definition) is 3. The summed E-state index contributed by atoms with van der Waals surface area (Å²) in [5, 5.41) is 8.13. The van der Waals surface area contributed by atoms with Crippen LogP contribution in [-0.4, -0.2) is 18.5 Å². The molecule has 3 N–H and O–H groups in total. The Hall–Kier alpha value is -3.61. The SMILES string of the molecule is O=C(NCCc1ccc(F)cc1)Nc1ccc(NC(=O)c2ccco2)cc1. The molecule has 0 spiro atoms. The molecule has 0 saturated carbocycles. The van der Waals surface area contributed by atoms with Crippen LogP contribution in [0.25, 0.3) is 0 Å². The fourth-order valence-electron chi connectivity index (χ4n) is 2.38. The zero-order valence-electron chi connectivity index (χ0n) is 14.4. The maximum absolute atomic E-state index is 12.8. The number of hydrogen-bond donors (Lipinski definition) is 3. The molecule has 2 aromatic carbocycles. The lowest BCUT2D eigenvalue weighted by atomic mass is 10.1. The van der Waals surface area contributed by atoms with Crippen LogP contribution in [0.3, 0.4) is 0 Å². The Kier molecular flexibility index (Phi) is 5.84. The zero-order valence-corrected chi connectivity index (χ0v) is 14.4. The van der Waals surface area contributed by atoms with E-state index in [-0.39, 0.29) is 23.5 Å². The quantitative estimate of drug-likeness (QED) is 0.615. The van der Waals surface area contributed by atoms with Crippen LogP contribution >= 0.6 is 0 Å². The smallest absolute Gasteiger partial charge is 0.319 e. The Morgan fingerprint density at radius 3 is 2.19 bits per heavy atom. The van der Waals surface area contributed by atoms with E-state index in [1.807, 2.05) is 0 Å². The summed E-state index contributed by atoms with van der Waals surface area (Å²) in [6, 6.07) is 15.7. The fraction of sp³-hybridized carbons (Fsp3) is 0.100. The maximum Gasteiger partial charge on any atom is 0.319 e. The normalized spacial score (nSPS) is 10.3. The average Bonchev–Trinajstić information content (AvgIpc) is 3.20. The monoisotopic (exact) mass is 367 g/mol. The molecule has 0 fully saturated rings. The minimum atomic E-state index is -0.348. The third-order valence-electron chi connectivity index (χ3n) is 3.76. The lowest BCUT2D eigenvalue weighted by molar-refractivity contribution is 0.0996. The van der Waals surface area contributed by atoms with Crippen LogP contribution in [0.1, 0.15) is 16.1 Å². The van der Waals surface area contributed by atoms with Gasteiger partial charge in [-0.2, -0.15) is 0 Å². The van der Waals surface area contributed by atoms with Gasteiger partial charge < -0.3 is 20.4 Å². The molecule has 0 aliphatic carbocycles. The molecule has 3 rings (SSSR count). The van der Waals surface area contributed by atoms with Crippen LogP contribution in [0.15, 0.2) is 71.3 Å². The van der Waals surface area contributed by atoms with E-state index in [0.29, 0.717) is 24.3 Å². The molecule has 27 heavy (non-hydrogen) atoms. The second-order valence-corrected chi connectivity index (χ2v) is 5.77. The maximum atomic E-state index is 12.8. The third kappa shape index (κ3) is 5.43. The van der Waals surface area contributed by atoms with Gasteiger partial charge in [-0.25, -0.2) is 9.18 Å². The molecule has 0 bridgehead atoms. The van der Waals surface area contributed by atoms with Crippen molar-refractivity contribution in [2.45, 2.75) is 6.42 Å². The molecule has 0 atom stereocenters. The Labute approximate surface area is 155 Å². The molecule has 0 unspecified atom stereocenters. The largest absolute Gasteiger partial charge is 0.459 e. The minimum Gasteiger partial charge on any atom is -0.459 e. The number of halogens is 1. The molecule has 0 aliphatic rings. The Balaban J connectivity index is 1.44. The molecular formula is C20H18FN3O3. The van der Waals surface area contributed by atoms with Gasteiger partial charge in [-0.3, -0.25) is 4.79 Å². The van der Waals surface area contributed by atoms with E-state index in [0.717, 1.165) is 5.56 Å². The van der Waals surface area contributed by atoms with Crippen molar-refractivity contribution in [3.8, 4) is 0 Å². The number of benzene rings is 2. The van der Waals surface area contributed by atoms with E-state index in [9.17, 15) is 14.0 Å². The summed E-state index contributed by atoms with van der Waals surface area (Å²) in [4.78, 5) is 23.8. The van der Waals surface area contributed by atoms with Crippen LogP contribution in [0, 0.1) is 5.82 Å². The number of nitrogens with one attached hydrogen (secondary N) is 3.